The lowest BCUT2D eigenvalue weighted by molar-refractivity contribution is 0.0686. The van der Waals surface area contributed by atoms with Crippen LogP contribution in [0.2, 0.25) is 23.3 Å². The van der Waals surface area contributed by atoms with Gasteiger partial charge in [-0.05, 0) is 50.0 Å². The van der Waals surface area contributed by atoms with E-state index in [4.69, 9.17) is 21.1 Å². The molecule has 3 aromatic rings. The predicted molar refractivity (Wildman–Crippen MR) is 131 cm³/mol. The van der Waals surface area contributed by atoms with Gasteiger partial charge in [-0.2, -0.15) is 5.10 Å². The molecule has 0 aliphatic rings. The molecule has 0 spiro atoms. The lowest BCUT2D eigenvalue weighted by atomic mass is 10.2. The summed E-state index contributed by atoms with van der Waals surface area (Å²) in [6, 6.07) is 3.73. The van der Waals surface area contributed by atoms with Crippen molar-refractivity contribution in [2.45, 2.75) is 65.2 Å². The van der Waals surface area contributed by atoms with Crippen molar-refractivity contribution in [1.82, 2.24) is 19.3 Å². The molecule has 0 unspecified atom stereocenters. The summed E-state index contributed by atoms with van der Waals surface area (Å²) < 4.78 is 9.99. The van der Waals surface area contributed by atoms with Crippen LogP contribution in [0.4, 0.5) is 0 Å². The number of hydrogen-bond acceptors (Lipinski definition) is 4. The molecule has 0 fully saturated rings. The van der Waals surface area contributed by atoms with Gasteiger partial charge in [0, 0.05) is 31.3 Å². The number of nitrogens with zero attached hydrogens (tertiary/aromatic N) is 4. The van der Waals surface area contributed by atoms with Crippen LogP contribution in [0.15, 0.2) is 18.3 Å². The summed E-state index contributed by atoms with van der Waals surface area (Å²) in [5.41, 5.74) is 3.24. The summed E-state index contributed by atoms with van der Waals surface area (Å²) in [6.45, 7) is 15.8. The van der Waals surface area contributed by atoms with Gasteiger partial charge in [-0.25, -0.2) is 9.78 Å². The zero-order chi connectivity index (χ0) is 24.0. The zero-order valence-corrected chi connectivity index (χ0v) is 21.9. The third-order valence-corrected chi connectivity index (χ3v) is 11.4. The second kappa shape index (κ2) is 8.65. The van der Waals surface area contributed by atoms with E-state index in [1.165, 1.54) is 0 Å². The summed E-state index contributed by atoms with van der Waals surface area (Å²) in [7, 11) is -0.0778. The maximum absolute atomic E-state index is 11.7. The van der Waals surface area contributed by atoms with Crippen molar-refractivity contribution in [3.63, 3.8) is 0 Å². The highest BCUT2D eigenvalue weighted by Crippen LogP contribution is 2.37. The lowest BCUT2D eigenvalue weighted by Gasteiger charge is -2.36. The number of carboxylic acids is 1. The average Bonchev–Trinajstić information content (AvgIpc) is 3.17. The molecule has 0 aliphatic heterocycles. The Bertz CT molecular complexity index is 1160. The second-order valence-corrected chi connectivity index (χ2v) is 15.2. The fourth-order valence-corrected chi connectivity index (χ4v) is 4.86. The Balaban J connectivity index is 1.98. The van der Waals surface area contributed by atoms with Crippen LogP contribution in [0, 0.1) is 6.92 Å². The summed E-state index contributed by atoms with van der Waals surface area (Å²) in [6.07, 6.45) is 2.51. The first-order valence-electron chi connectivity index (χ1n) is 10.8. The van der Waals surface area contributed by atoms with Gasteiger partial charge in [0.2, 0.25) is 0 Å². The van der Waals surface area contributed by atoms with E-state index in [-0.39, 0.29) is 16.8 Å². The van der Waals surface area contributed by atoms with E-state index in [0.29, 0.717) is 23.0 Å². The van der Waals surface area contributed by atoms with Gasteiger partial charge in [0.25, 0.3) is 0 Å². The Labute approximate surface area is 195 Å². The molecule has 1 N–H and O–H groups in total. The summed E-state index contributed by atoms with van der Waals surface area (Å²) in [5, 5.41) is 15.9. The molecule has 0 radical (unpaired) electrons. The SMILES string of the molecule is Cc1cc(-c2nn([C@@H](C)CCO[Si](C)(C)C(C)(C)C)c3cc(Cl)ncc23)n(C)c1C(=O)O. The molecular formula is C23H33ClN4O3Si. The third-order valence-electron chi connectivity index (χ3n) is 6.65. The van der Waals surface area contributed by atoms with E-state index >= 15 is 0 Å². The highest BCUT2D eigenvalue weighted by molar-refractivity contribution is 6.74. The molecule has 9 heteroatoms. The van der Waals surface area contributed by atoms with Crippen LogP contribution in [0.5, 0.6) is 0 Å². The summed E-state index contributed by atoms with van der Waals surface area (Å²) in [4.78, 5) is 15.9. The first-order valence-corrected chi connectivity index (χ1v) is 14.1. The average molecular weight is 477 g/mol. The zero-order valence-electron chi connectivity index (χ0n) is 20.2. The van der Waals surface area contributed by atoms with Crippen molar-refractivity contribution in [3.8, 4) is 11.4 Å². The number of carboxylic acid groups (broad SMARTS) is 1. The van der Waals surface area contributed by atoms with Gasteiger partial charge in [-0.3, -0.25) is 4.68 Å². The highest BCUT2D eigenvalue weighted by Gasteiger charge is 2.37. The van der Waals surface area contributed by atoms with Crippen molar-refractivity contribution in [2.75, 3.05) is 6.61 Å². The Morgan fingerprint density at radius 1 is 1.31 bits per heavy atom. The van der Waals surface area contributed by atoms with Gasteiger partial charge >= 0.3 is 5.97 Å². The standard InChI is InChI=1S/C23H33ClN4O3Si/c1-14-11-18(27(6)21(14)22(29)30)20-16-13-25-19(24)12-17(16)28(26-20)15(2)9-10-31-32(7,8)23(3,4)5/h11-13,15H,9-10H2,1-8H3,(H,29,30)/t15-/m0/s1. The Kier molecular flexibility index (Phi) is 6.61. The molecule has 174 valence electrons. The molecule has 0 saturated heterocycles. The van der Waals surface area contributed by atoms with Crippen LogP contribution in [-0.2, 0) is 11.5 Å². The first kappa shape index (κ1) is 24.5. The molecule has 7 nitrogen and oxygen atoms in total. The number of carbonyl (C=O) groups is 1. The van der Waals surface area contributed by atoms with Crippen LogP contribution < -0.4 is 0 Å². The van der Waals surface area contributed by atoms with Gasteiger partial charge in [0.15, 0.2) is 8.32 Å². The lowest BCUT2D eigenvalue weighted by Crippen LogP contribution is -2.41. The number of aromatic carboxylic acids is 1. The van der Waals surface area contributed by atoms with E-state index in [9.17, 15) is 9.90 Å². The molecule has 0 saturated carbocycles. The number of rotatable bonds is 7. The molecule has 32 heavy (non-hydrogen) atoms. The Morgan fingerprint density at radius 2 is 1.97 bits per heavy atom. The van der Waals surface area contributed by atoms with Crippen molar-refractivity contribution >= 4 is 36.8 Å². The van der Waals surface area contributed by atoms with E-state index < -0.39 is 14.3 Å². The van der Waals surface area contributed by atoms with Gasteiger partial charge in [0.1, 0.15) is 16.5 Å². The molecule has 0 aromatic carbocycles. The summed E-state index contributed by atoms with van der Waals surface area (Å²) in [5.74, 6) is -0.961. The number of fused-ring (bicyclic) bond motifs is 1. The smallest absolute Gasteiger partial charge is 0.352 e. The molecular weight excluding hydrogens is 444 g/mol. The fraction of sp³-hybridized carbons (Fsp3) is 0.522. The van der Waals surface area contributed by atoms with Gasteiger partial charge in [-0.1, -0.05) is 32.4 Å². The largest absolute Gasteiger partial charge is 0.477 e. The van der Waals surface area contributed by atoms with Crippen LogP contribution in [-0.4, -0.2) is 45.3 Å². The normalized spacial score (nSPS) is 13.7. The first-order chi connectivity index (χ1) is 14.7. The number of hydrogen-bond donors (Lipinski definition) is 1. The maximum atomic E-state index is 11.7. The number of aromatic nitrogens is 4. The van der Waals surface area contributed by atoms with Crippen LogP contribution >= 0.6 is 11.6 Å². The molecule has 0 bridgehead atoms. The van der Waals surface area contributed by atoms with E-state index in [2.05, 4.69) is 45.8 Å². The van der Waals surface area contributed by atoms with Gasteiger partial charge in [0.05, 0.1) is 17.3 Å². The number of halogens is 1. The van der Waals surface area contributed by atoms with Gasteiger partial charge in [-0.15, -0.1) is 0 Å². The van der Waals surface area contributed by atoms with Crippen LogP contribution in [0.3, 0.4) is 0 Å². The van der Waals surface area contributed by atoms with E-state index in [1.54, 1.807) is 24.7 Å². The number of aryl methyl sites for hydroxylation is 1. The molecule has 3 rings (SSSR count). The monoisotopic (exact) mass is 476 g/mol. The third kappa shape index (κ3) is 4.49. The minimum Gasteiger partial charge on any atom is -0.477 e. The minimum atomic E-state index is -1.82. The minimum absolute atomic E-state index is 0.0646. The maximum Gasteiger partial charge on any atom is 0.352 e. The molecule has 3 heterocycles. The van der Waals surface area contributed by atoms with E-state index in [0.717, 1.165) is 23.0 Å². The van der Waals surface area contributed by atoms with Gasteiger partial charge < -0.3 is 14.1 Å². The van der Waals surface area contributed by atoms with Crippen molar-refractivity contribution in [1.29, 1.82) is 0 Å². The van der Waals surface area contributed by atoms with Crippen LogP contribution in [0.25, 0.3) is 22.3 Å². The predicted octanol–water partition coefficient (Wildman–Crippen LogP) is 6.07. The summed E-state index contributed by atoms with van der Waals surface area (Å²) >= 11 is 6.21. The molecule has 1 atom stereocenters. The fourth-order valence-electron chi connectivity index (χ4n) is 3.65. The van der Waals surface area contributed by atoms with E-state index in [1.807, 2.05) is 16.8 Å². The van der Waals surface area contributed by atoms with Crippen molar-refractivity contribution in [3.05, 3.63) is 34.7 Å². The second-order valence-electron chi connectivity index (χ2n) is 9.99. The van der Waals surface area contributed by atoms with Crippen molar-refractivity contribution < 1.29 is 14.3 Å². The molecule has 0 amide bonds. The van der Waals surface area contributed by atoms with Crippen molar-refractivity contribution in [2.24, 2.45) is 7.05 Å². The Morgan fingerprint density at radius 3 is 2.53 bits per heavy atom. The van der Waals surface area contributed by atoms with Crippen LogP contribution in [0.1, 0.15) is 56.2 Å². The highest BCUT2D eigenvalue weighted by atomic mass is 35.5. The Hall–Kier alpha value is -2.16. The molecule has 0 aliphatic carbocycles. The number of pyridine rings is 1. The quantitative estimate of drug-likeness (QED) is 0.330. The topological polar surface area (TPSA) is 82.2 Å². The molecule has 3 aromatic heterocycles.